The van der Waals surface area contributed by atoms with Gasteiger partial charge in [-0.25, -0.2) is 8.42 Å². The summed E-state index contributed by atoms with van der Waals surface area (Å²) >= 11 is 0. The zero-order valence-corrected chi connectivity index (χ0v) is 12.7. The van der Waals surface area contributed by atoms with Crippen LogP contribution in [0.15, 0.2) is 53.4 Å². The van der Waals surface area contributed by atoms with Crippen LogP contribution in [0, 0.1) is 0 Å². The number of hydrogen-bond donors (Lipinski definition) is 1. The van der Waals surface area contributed by atoms with Crippen molar-refractivity contribution in [3.8, 4) is 0 Å². The van der Waals surface area contributed by atoms with Crippen LogP contribution in [-0.4, -0.2) is 20.6 Å². The number of carbonyl (C=O) groups is 1. The first-order valence-electron chi connectivity index (χ1n) is 6.36. The molecule has 0 aliphatic carbocycles. The van der Waals surface area contributed by atoms with E-state index in [9.17, 15) is 26.4 Å². The normalized spacial score (nSPS) is 12.0. The molecule has 23 heavy (non-hydrogen) atoms. The van der Waals surface area contributed by atoms with Gasteiger partial charge in [-0.1, -0.05) is 0 Å². The molecule has 1 amide bonds. The number of amides is 1. The minimum Gasteiger partial charge on any atom is -0.322 e. The summed E-state index contributed by atoms with van der Waals surface area (Å²) in [5.41, 5.74) is -0.445. The molecule has 0 heterocycles. The molecule has 0 aromatic heterocycles. The van der Waals surface area contributed by atoms with Gasteiger partial charge in [0, 0.05) is 17.5 Å². The first kappa shape index (κ1) is 17.0. The number of alkyl halides is 3. The molecule has 0 spiro atoms. The second-order valence-corrected chi connectivity index (χ2v) is 6.84. The lowest BCUT2D eigenvalue weighted by molar-refractivity contribution is -0.137. The fraction of sp³-hybridized carbons (Fsp3) is 0.133. The van der Waals surface area contributed by atoms with Crippen molar-refractivity contribution in [1.82, 2.24) is 0 Å². The summed E-state index contributed by atoms with van der Waals surface area (Å²) < 4.78 is 60.0. The van der Waals surface area contributed by atoms with Gasteiger partial charge < -0.3 is 5.32 Å². The zero-order valence-electron chi connectivity index (χ0n) is 11.9. The third-order valence-electron chi connectivity index (χ3n) is 3.01. The monoisotopic (exact) mass is 343 g/mol. The topological polar surface area (TPSA) is 63.2 Å². The molecule has 0 fully saturated rings. The van der Waals surface area contributed by atoms with E-state index >= 15 is 0 Å². The van der Waals surface area contributed by atoms with E-state index in [2.05, 4.69) is 5.32 Å². The van der Waals surface area contributed by atoms with E-state index < -0.39 is 27.5 Å². The van der Waals surface area contributed by atoms with Crippen molar-refractivity contribution in [3.05, 3.63) is 59.7 Å². The lowest BCUT2D eigenvalue weighted by atomic mass is 10.1. The highest BCUT2D eigenvalue weighted by molar-refractivity contribution is 7.90. The van der Waals surface area contributed by atoms with E-state index in [-0.39, 0.29) is 10.5 Å². The number of anilines is 1. The molecule has 0 aliphatic heterocycles. The molecular formula is C15H12F3NO3S. The van der Waals surface area contributed by atoms with Gasteiger partial charge in [0.25, 0.3) is 5.91 Å². The molecule has 2 rings (SSSR count). The van der Waals surface area contributed by atoms with Crippen LogP contribution in [0.1, 0.15) is 15.9 Å². The maximum Gasteiger partial charge on any atom is 0.416 e. The Morgan fingerprint density at radius 1 is 0.957 bits per heavy atom. The maximum absolute atomic E-state index is 12.5. The van der Waals surface area contributed by atoms with Crippen molar-refractivity contribution in [2.45, 2.75) is 11.1 Å². The van der Waals surface area contributed by atoms with Crippen molar-refractivity contribution in [2.75, 3.05) is 11.6 Å². The molecule has 0 unspecified atom stereocenters. The largest absolute Gasteiger partial charge is 0.416 e. The van der Waals surface area contributed by atoms with Gasteiger partial charge in [0.15, 0.2) is 9.84 Å². The van der Waals surface area contributed by atoms with E-state index in [1.165, 1.54) is 24.3 Å². The van der Waals surface area contributed by atoms with Gasteiger partial charge in [0.2, 0.25) is 0 Å². The summed E-state index contributed by atoms with van der Waals surface area (Å²) in [5, 5.41) is 2.48. The summed E-state index contributed by atoms with van der Waals surface area (Å²) in [6.45, 7) is 0. The molecule has 0 aliphatic rings. The molecule has 0 saturated heterocycles. The number of benzene rings is 2. The fourth-order valence-electron chi connectivity index (χ4n) is 1.80. The van der Waals surface area contributed by atoms with Gasteiger partial charge in [-0.15, -0.1) is 0 Å². The first-order chi connectivity index (χ1) is 10.6. The Hall–Kier alpha value is -2.35. The van der Waals surface area contributed by atoms with Crippen LogP contribution < -0.4 is 5.32 Å². The van der Waals surface area contributed by atoms with Gasteiger partial charge in [-0.05, 0) is 48.5 Å². The minimum atomic E-state index is -4.46. The molecule has 1 N–H and O–H groups in total. The van der Waals surface area contributed by atoms with E-state index in [1.54, 1.807) is 0 Å². The molecule has 2 aromatic rings. The van der Waals surface area contributed by atoms with Crippen LogP contribution in [0.5, 0.6) is 0 Å². The Balaban J connectivity index is 2.13. The molecule has 0 bridgehead atoms. The number of sulfone groups is 1. The maximum atomic E-state index is 12.5. The molecule has 0 saturated carbocycles. The Labute approximate surface area is 130 Å². The summed E-state index contributed by atoms with van der Waals surface area (Å²) in [5.74, 6) is -0.592. The smallest absolute Gasteiger partial charge is 0.322 e. The highest BCUT2D eigenvalue weighted by atomic mass is 32.2. The molecule has 4 nitrogen and oxygen atoms in total. The van der Waals surface area contributed by atoms with Gasteiger partial charge in [0.05, 0.1) is 10.5 Å². The lowest BCUT2D eigenvalue weighted by Gasteiger charge is -2.08. The molecule has 0 radical (unpaired) electrons. The number of carbonyl (C=O) groups excluding carboxylic acids is 1. The first-order valence-corrected chi connectivity index (χ1v) is 8.25. The SMILES string of the molecule is CS(=O)(=O)c1ccc(NC(=O)c2ccc(C(F)(F)F)cc2)cc1. The number of rotatable bonds is 3. The standard InChI is InChI=1S/C15H12F3NO3S/c1-23(21,22)13-8-6-12(7-9-13)19-14(20)10-2-4-11(5-3-10)15(16,17)18/h2-9H,1H3,(H,19,20). The van der Waals surface area contributed by atoms with Crippen LogP contribution in [0.3, 0.4) is 0 Å². The molecule has 122 valence electrons. The van der Waals surface area contributed by atoms with Crippen LogP contribution in [0.25, 0.3) is 0 Å². The average Bonchev–Trinajstić information content (AvgIpc) is 2.46. The van der Waals surface area contributed by atoms with Crippen molar-refractivity contribution >= 4 is 21.4 Å². The molecular weight excluding hydrogens is 331 g/mol. The van der Waals surface area contributed by atoms with E-state index in [0.717, 1.165) is 30.5 Å². The Kier molecular flexibility index (Phi) is 4.46. The van der Waals surface area contributed by atoms with E-state index in [4.69, 9.17) is 0 Å². The van der Waals surface area contributed by atoms with Crippen molar-refractivity contribution in [1.29, 1.82) is 0 Å². The van der Waals surface area contributed by atoms with Crippen molar-refractivity contribution in [3.63, 3.8) is 0 Å². The second-order valence-electron chi connectivity index (χ2n) is 4.83. The highest BCUT2D eigenvalue weighted by Crippen LogP contribution is 2.29. The van der Waals surface area contributed by atoms with Crippen LogP contribution in [-0.2, 0) is 16.0 Å². The molecule has 0 atom stereocenters. The van der Waals surface area contributed by atoms with Gasteiger partial charge >= 0.3 is 6.18 Å². The summed E-state index contributed by atoms with van der Waals surface area (Å²) in [7, 11) is -3.34. The molecule has 2 aromatic carbocycles. The zero-order chi connectivity index (χ0) is 17.3. The van der Waals surface area contributed by atoms with E-state index in [1.807, 2.05) is 0 Å². The van der Waals surface area contributed by atoms with Crippen LogP contribution >= 0.6 is 0 Å². The third-order valence-corrected chi connectivity index (χ3v) is 4.14. The van der Waals surface area contributed by atoms with E-state index in [0.29, 0.717) is 5.69 Å². The Bertz CT molecular complexity index is 811. The predicted molar refractivity (Wildman–Crippen MR) is 78.9 cm³/mol. The van der Waals surface area contributed by atoms with Crippen LogP contribution in [0.4, 0.5) is 18.9 Å². The summed E-state index contributed by atoms with van der Waals surface area (Å²) in [4.78, 5) is 12.0. The Morgan fingerprint density at radius 3 is 1.91 bits per heavy atom. The minimum absolute atomic E-state index is 0.0604. The highest BCUT2D eigenvalue weighted by Gasteiger charge is 2.30. The van der Waals surface area contributed by atoms with Gasteiger partial charge in [0.1, 0.15) is 0 Å². The van der Waals surface area contributed by atoms with Crippen molar-refractivity contribution < 1.29 is 26.4 Å². The van der Waals surface area contributed by atoms with Crippen molar-refractivity contribution in [2.24, 2.45) is 0 Å². The number of nitrogens with one attached hydrogen (secondary N) is 1. The number of halogens is 3. The molecule has 8 heteroatoms. The number of hydrogen-bond acceptors (Lipinski definition) is 3. The quantitative estimate of drug-likeness (QED) is 0.929. The average molecular weight is 343 g/mol. The second kappa shape index (κ2) is 6.04. The Morgan fingerprint density at radius 2 is 1.48 bits per heavy atom. The van der Waals surface area contributed by atoms with Gasteiger partial charge in [-0.2, -0.15) is 13.2 Å². The summed E-state index contributed by atoms with van der Waals surface area (Å²) in [6.07, 6.45) is -3.40. The fourth-order valence-corrected chi connectivity index (χ4v) is 2.43. The predicted octanol–water partition coefficient (Wildman–Crippen LogP) is 3.36. The summed E-state index contributed by atoms with van der Waals surface area (Å²) in [6, 6.07) is 9.25. The third kappa shape index (κ3) is 4.32. The van der Waals surface area contributed by atoms with Gasteiger partial charge in [-0.3, -0.25) is 4.79 Å². The van der Waals surface area contributed by atoms with Crippen LogP contribution in [0.2, 0.25) is 0 Å². The lowest BCUT2D eigenvalue weighted by Crippen LogP contribution is -2.13.